The molecule has 1 aromatic carbocycles. The monoisotopic (exact) mass is 359 g/mol. The number of benzene rings is 1. The van der Waals surface area contributed by atoms with Gasteiger partial charge in [-0.3, -0.25) is 15.2 Å². The molecular weight excluding hydrogens is 342 g/mol. The van der Waals surface area contributed by atoms with Crippen LogP contribution >= 0.6 is 23.6 Å². The molecule has 0 aliphatic rings. The maximum absolute atomic E-state index is 12.4. The number of carbonyl (C=O) groups excluding carboxylic acids is 1. The molecule has 6 nitrogen and oxygen atoms in total. The number of anilines is 1. The average molecular weight is 359 g/mol. The molecule has 124 valence electrons. The number of thiazole rings is 1. The van der Waals surface area contributed by atoms with Crippen molar-refractivity contribution in [1.29, 1.82) is 0 Å². The number of aryl methyl sites for hydroxylation is 2. The van der Waals surface area contributed by atoms with Crippen molar-refractivity contribution in [2.24, 2.45) is 7.05 Å². The first-order valence-electron chi connectivity index (χ1n) is 7.36. The lowest BCUT2D eigenvalue weighted by molar-refractivity contribution is 0.102. The number of carbonyl (C=O) groups is 1. The zero-order chi connectivity index (χ0) is 17.3. The van der Waals surface area contributed by atoms with E-state index in [0.29, 0.717) is 21.9 Å². The van der Waals surface area contributed by atoms with Crippen LogP contribution in [-0.4, -0.2) is 25.7 Å². The molecule has 0 bridgehead atoms. The zero-order valence-corrected chi connectivity index (χ0v) is 15.2. The molecule has 0 atom stereocenters. The highest BCUT2D eigenvalue weighted by Crippen LogP contribution is 2.19. The molecule has 2 heterocycles. The Hall–Kier alpha value is -2.32. The highest BCUT2D eigenvalue weighted by Gasteiger charge is 2.12. The van der Waals surface area contributed by atoms with E-state index < -0.39 is 0 Å². The van der Waals surface area contributed by atoms with Gasteiger partial charge < -0.3 is 4.57 Å². The number of aromatic amines is 1. The van der Waals surface area contributed by atoms with Gasteiger partial charge in [-0.2, -0.15) is 5.10 Å². The molecule has 3 rings (SSSR count). The Morgan fingerprint density at radius 1 is 1.33 bits per heavy atom. The normalized spacial score (nSPS) is 10.8. The number of rotatable bonds is 4. The van der Waals surface area contributed by atoms with E-state index >= 15 is 0 Å². The maximum atomic E-state index is 12.4. The summed E-state index contributed by atoms with van der Waals surface area (Å²) in [5.74, 6) is 0.651. The van der Waals surface area contributed by atoms with Gasteiger partial charge in [0, 0.05) is 18.0 Å². The number of H-pyrrole nitrogens is 1. The van der Waals surface area contributed by atoms with Crippen LogP contribution in [0.15, 0.2) is 23.6 Å². The fourth-order valence-corrected chi connectivity index (χ4v) is 3.28. The predicted molar refractivity (Wildman–Crippen MR) is 97.2 cm³/mol. The highest BCUT2D eigenvalue weighted by atomic mass is 32.1. The van der Waals surface area contributed by atoms with Crippen molar-refractivity contribution in [2.45, 2.75) is 20.3 Å². The van der Waals surface area contributed by atoms with Gasteiger partial charge in [-0.25, -0.2) is 4.98 Å². The number of hydrogen-bond acceptors (Lipinski definition) is 5. The van der Waals surface area contributed by atoms with Crippen molar-refractivity contribution in [3.63, 3.8) is 0 Å². The number of nitrogens with one attached hydrogen (secondary N) is 2. The Morgan fingerprint density at radius 2 is 2.04 bits per heavy atom. The Bertz CT molecular complexity index is 933. The second kappa shape index (κ2) is 6.66. The van der Waals surface area contributed by atoms with Crippen molar-refractivity contribution in [3.05, 3.63) is 56.6 Å². The lowest BCUT2D eigenvalue weighted by Crippen LogP contribution is -2.12. The fourth-order valence-electron chi connectivity index (χ4n) is 2.42. The van der Waals surface area contributed by atoms with Gasteiger partial charge in [0.1, 0.15) is 5.82 Å². The van der Waals surface area contributed by atoms with Crippen LogP contribution in [0.3, 0.4) is 0 Å². The van der Waals surface area contributed by atoms with Crippen LogP contribution in [-0.2, 0) is 13.5 Å². The summed E-state index contributed by atoms with van der Waals surface area (Å²) in [5.41, 5.74) is 3.60. The van der Waals surface area contributed by atoms with Crippen molar-refractivity contribution >= 4 is 34.6 Å². The smallest absolute Gasteiger partial charge is 0.257 e. The summed E-state index contributed by atoms with van der Waals surface area (Å²) in [6.45, 7) is 3.95. The summed E-state index contributed by atoms with van der Waals surface area (Å²) in [6.07, 6.45) is 0.555. The number of amides is 1. The summed E-state index contributed by atoms with van der Waals surface area (Å²) >= 11 is 6.49. The van der Waals surface area contributed by atoms with Crippen LogP contribution in [0, 0.1) is 18.6 Å². The minimum Gasteiger partial charge on any atom is -0.307 e. The third-order valence-electron chi connectivity index (χ3n) is 3.57. The maximum Gasteiger partial charge on any atom is 0.257 e. The lowest BCUT2D eigenvalue weighted by Gasteiger charge is -2.04. The number of nitrogens with zero attached hydrogens (tertiary/aromatic N) is 3. The van der Waals surface area contributed by atoms with Crippen LogP contribution in [0.1, 0.15) is 33.0 Å². The molecule has 0 saturated heterocycles. The molecule has 0 unspecified atom stereocenters. The lowest BCUT2D eigenvalue weighted by atomic mass is 10.1. The van der Waals surface area contributed by atoms with Crippen molar-refractivity contribution in [3.8, 4) is 0 Å². The first-order chi connectivity index (χ1) is 11.4. The van der Waals surface area contributed by atoms with Gasteiger partial charge >= 0.3 is 0 Å². The van der Waals surface area contributed by atoms with E-state index in [4.69, 9.17) is 12.2 Å². The molecule has 0 radical (unpaired) electrons. The minimum atomic E-state index is -0.152. The summed E-state index contributed by atoms with van der Waals surface area (Å²) in [6, 6.07) is 5.77. The van der Waals surface area contributed by atoms with Gasteiger partial charge in [-0.05, 0) is 38.2 Å². The van der Waals surface area contributed by atoms with E-state index in [9.17, 15) is 4.79 Å². The summed E-state index contributed by atoms with van der Waals surface area (Å²) in [5, 5.41) is 12.3. The van der Waals surface area contributed by atoms with E-state index in [2.05, 4.69) is 20.5 Å². The Morgan fingerprint density at radius 3 is 2.67 bits per heavy atom. The zero-order valence-electron chi connectivity index (χ0n) is 13.6. The topological polar surface area (TPSA) is 75.6 Å². The molecule has 0 fully saturated rings. The van der Waals surface area contributed by atoms with Crippen LogP contribution in [0.25, 0.3) is 0 Å². The average Bonchev–Trinajstić information content (AvgIpc) is 3.08. The fraction of sp³-hybridized carbons (Fsp3) is 0.250. The molecule has 0 aliphatic carbocycles. The predicted octanol–water partition coefficient (Wildman–Crippen LogP) is 3.39. The largest absolute Gasteiger partial charge is 0.307 e. The van der Waals surface area contributed by atoms with Crippen molar-refractivity contribution < 1.29 is 4.79 Å². The molecule has 3 aromatic rings. The van der Waals surface area contributed by atoms with Crippen LogP contribution < -0.4 is 5.32 Å². The number of hydrogen-bond donors (Lipinski definition) is 2. The van der Waals surface area contributed by atoms with E-state index in [1.165, 1.54) is 11.3 Å². The van der Waals surface area contributed by atoms with Gasteiger partial charge in [0.15, 0.2) is 9.90 Å². The van der Waals surface area contributed by atoms with E-state index in [1.54, 1.807) is 0 Å². The molecule has 0 spiro atoms. The first-order valence-corrected chi connectivity index (χ1v) is 8.65. The molecular formula is C16H17N5OS2. The molecule has 0 saturated carbocycles. The minimum absolute atomic E-state index is 0.152. The molecule has 1 amide bonds. The Balaban J connectivity index is 1.72. The summed E-state index contributed by atoms with van der Waals surface area (Å²) in [7, 11) is 1.86. The molecule has 2 N–H and O–H groups in total. The van der Waals surface area contributed by atoms with Crippen molar-refractivity contribution in [1.82, 2.24) is 19.7 Å². The second-order valence-corrected chi connectivity index (χ2v) is 6.90. The van der Waals surface area contributed by atoms with E-state index in [1.807, 2.05) is 49.0 Å². The molecule has 0 aliphatic heterocycles. The van der Waals surface area contributed by atoms with Crippen LogP contribution in [0.5, 0.6) is 0 Å². The number of aromatic nitrogens is 4. The standard InChI is InChI=1S/C16H17N5OS2/c1-9-4-10(2)6-11(5-9)14(22)18-15-17-12(8-24-15)7-13-19-20-16(23)21(13)3/h4-6,8H,7H2,1-3H3,(H,20,23)(H,17,18,22). The van der Waals surface area contributed by atoms with Gasteiger partial charge in [0.2, 0.25) is 0 Å². The van der Waals surface area contributed by atoms with E-state index in [-0.39, 0.29) is 5.91 Å². The third-order valence-corrected chi connectivity index (χ3v) is 4.74. The van der Waals surface area contributed by atoms with Gasteiger partial charge in [0.25, 0.3) is 5.91 Å². The highest BCUT2D eigenvalue weighted by molar-refractivity contribution is 7.71. The SMILES string of the molecule is Cc1cc(C)cc(C(=O)Nc2nc(Cc3n[nH]c(=S)n3C)cs2)c1. The van der Waals surface area contributed by atoms with Gasteiger partial charge in [-0.1, -0.05) is 17.2 Å². The Labute approximate surface area is 148 Å². The van der Waals surface area contributed by atoms with Crippen molar-refractivity contribution in [2.75, 3.05) is 5.32 Å². The third kappa shape index (κ3) is 3.60. The molecule has 2 aromatic heterocycles. The van der Waals surface area contributed by atoms with Gasteiger partial charge in [-0.15, -0.1) is 11.3 Å². The van der Waals surface area contributed by atoms with Gasteiger partial charge in [0.05, 0.1) is 12.1 Å². The summed E-state index contributed by atoms with van der Waals surface area (Å²) < 4.78 is 2.38. The second-order valence-electron chi connectivity index (χ2n) is 5.66. The summed E-state index contributed by atoms with van der Waals surface area (Å²) in [4.78, 5) is 16.8. The quantitative estimate of drug-likeness (QED) is 0.700. The van der Waals surface area contributed by atoms with Crippen LogP contribution in [0.2, 0.25) is 0 Å². The van der Waals surface area contributed by atoms with E-state index in [0.717, 1.165) is 22.6 Å². The molecule has 8 heteroatoms. The Kier molecular flexibility index (Phi) is 4.59. The first kappa shape index (κ1) is 16.5. The van der Waals surface area contributed by atoms with Crippen LogP contribution in [0.4, 0.5) is 5.13 Å². The molecule has 24 heavy (non-hydrogen) atoms.